The first-order valence-corrected chi connectivity index (χ1v) is 8.07. The molecule has 3 heteroatoms. The van der Waals surface area contributed by atoms with E-state index in [1.165, 1.54) is 26.4 Å². The van der Waals surface area contributed by atoms with E-state index >= 15 is 0 Å². The molecule has 0 radical (unpaired) electrons. The van der Waals surface area contributed by atoms with E-state index in [9.17, 15) is 4.39 Å². The van der Waals surface area contributed by atoms with Crippen LogP contribution in [0.5, 0.6) is 5.75 Å². The lowest BCUT2D eigenvalue weighted by Gasteiger charge is -2.43. The first-order valence-electron chi connectivity index (χ1n) is 8.07. The van der Waals surface area contributed by atoms with Crippen molar-refractivity contribution >= 4 is 0 Å². The Morgan fingerprint density at radius 3 is 2.76 bits per heavy atom. The van der Waals surface area contributed by atoms with E-state index in [-0.39, 0.29) is 17.3 Å². The summed E-state index contributed by atoms with van der Waals surface area (Å²) in [5.41, 5.74) is 0.983. The zero-order valence-corrected chi connectivity index (χ0v) is 13.7. The van der Waals surface area contributed by atoms with E-state index in [0.717, 1.165) is 18.5 Å². The minimum atomic E-state index is -0.215. The van der Waals surface area contributed by atoms with Gasteiger partial charge in [0, 0.05) is 11.6 Å². The van der Waals surface area contributed by atoms with Crippen molar-refractivity contribution in [1.29, 1.82) is 0 Å². The average molecular weight is 293 g/mol. The highest BCUT2D eigenvalue weighted by atomic mass is 19.1. The predicted molar refractivity (Wildman–Crippen MR) is 85.1 cm³/mol. The second-order valence-electron chi connectivity index (χ2n) is 6.74. The van der Waals surface area contributed by atoms with Gasteiger partial charge in [-0.15, -0.1) is 0 Å². The van der Waals surface area contributed by atoms with Gasteiger partial charge < -0.3 is 10.1 Å². The lowest BCUT2D eigenvalue weighted by Crippen LogP contribution is -2.39. The summed E-state index contributed by atoms with van der Waals surface area (Å²) in [6.07, 6.45) is 4.89. The molecule has 1 aromatic rings. The Balaban J connectivity index is 2.39. The van der Waals surface area contributed by atoms with Crippen molar-refractivity contribution in [1.82, 2.24) is 5.32 Å². The van der Waals surface area contributed by atoms with Crippen molar-refractivity contribution in [3.05, 3.63) is 29.6 Å². The number of benzene rings is 1. The standard InChI is InChI=1S/C18H28FNO/c1-5-20-17(14-10-6-7-12-18(14,2)3)13-9-8-11-15(21-4)16(13)19/h8-9,11,14,17,20H,5-7,10,12H2,1-4H3. The van der Waals surface area contributed by atoms with E-state index in [1.54, 1.807) is 6.07 Å². The lowest BCUT2D eigenvalue weighted by atomic mass is 9.64. The van der Waals surface area contributed by atoms with Gasteiger partial charge in [-0.05, 0) is 36.8 Å². The maximum atomic E-state index is 14.7. The van der Waals surface area contributed by atoms with Crippen LogP contribution in [0.15, 0.2) is 18.2 Å². The van der Waals surface area contributed by atoms with Crippen LogP contribution in [0.4, 0.5) is 4.39 Å². The molecule has 1 aromatic carbocycles. The monoisotopic (exact) mass is 293 g/mol. The molecule has 1 aliphatic carbocycles. The molecule has 118 valence electrons. The van der Waals surface area contributed by atoms with Crippen LogP contribution in [0.25, 0.3) is 0 Å². The molecule has 0 aromatic heterocycles. The first-order chi connectivity index (χ1) is 10.0. The molecule has 1 saturated carbocycles. The van der Waals surface area contributed by atoms with Crippen LogP contribution in [-0.2, 0) is 0 Å². The molecule has 0 saturated heterocycles. The molecule has 1 aliphatic rings. The van der Waals surface area contributed by atoms with E-state index < -0.39 is 0 Å². The Morgan fingerprint density at radius 1 is 1.38 bits per heavy atom. The molecule has 0 bridgehead atoms. The third-order valence-electron chi connectivity index (χ3n) is 4.96. The summed E-state index contributed by atoms with van der Waals surface area (Å²) in [6.45, 7) is 7.56. The van der Waals surface area contributed by atoms with Crippen molar-refractivity contribution in [2.75, 3.05) is 13.7 Å². The molecule has 1 fully saturated rings. The van der Waals surface area contributed by atoms with E-state index in [1.807, 2.05) is 12.1 Å². The number of hydrogen-bond acceptors (Lipinski definition) is 2. The van der Waals surface area contributed by atoms with Crippen LogP contribution in [-0.4, -0.2) is 13.7 Å². The number of halogens is 1. The van der Waals surface area contributed by atoms with Crippen LogP contribution < -0.4 is 10.1 Å². The van der Waals surface area contributed by atoms with Crippen molar-refractivity contribution in [2.45, 2.75) is 52.5 Å². The fraction of sp³-hybridized carbons (Fsp3) is 0.667. The summed E-state index contributed by atoms with van der Waals surface area (Å²) in [5, 5.41) is 3.52. The Kier molecular flexibility index (Phi) is 5.26. The maximum absolute atomic E-state index is 14.7. The molecule has 2 nitrogen and oxygen atoms in total. The average Bonchev–Trinajstić information content (AvgIpc) is 2.45. The summed E-state index contributed by atoms with van der Waals surface area (Å²) >= 11 is 0. The van der Waals surface area contributed by atoms with Crippen molar-refractivity contribution in [3.8, 4) is 5.75 Å². The maximum Gasteiger partial charge on any atom is 0.169 e. The van der Waals surface area contributed by atoms with Gasteiger partial charge >= 0.3 is 0 Å². The van der Waals surface area contributed by atoms with Crippen molar-refractivity contribution in [3.63, 3.8) is 0 Å². The second kappa shape index (κ2) is 6.78. The Morgan fingerprint density at radius 2 is 2.14 bits per heavy atom. The van der Waals surface area contributed by atoms with Gasteiger partial charge in [-0.1, -0.05) is 45.7 Å². The molecule has 21 heavy (non-hydrogen) atoms. The minimum Gasteiger partial charge on any atom is -0.494 e. The predicted octanol–water partition coefficient (Wildman–Crippen LogP) is 4.70. The minimum absolute atomic E-state index is 0.0559. The van der Waals surface area contributed by atoms with Crippen LogP contribution >= 0.6 is 0 Å². The highest BCUT2D eigenvalue weighted by Crippen LogP contribution is 2.47. The number of ether oxygens (including phenoxy) is 1. The molecule has 0 spiro atoms. The van der Waals surface area contributed by atoms with Crippen LogP contribution in [0.3, 0.4) is 0 Å². The van der Waals surface area contributed by atoms with Gasteiger partial charge in [0.2, 0.25) is 0 Å². The molecule has 0 aliphatic heterocycles. The lowest BCUT2D eigenvalue weighted by molar-refractivity contribution is 0.0972. The van der Waals surface area contributed by atoms with Gasteiger partial charge in [-0.2, -0.15) is 0 Å². The van der Waals surface area contributed by atoms with E-state index in [0.29, 0.717) is 11.7 Å². The van der Waals surface area contributed by atoms with Crippen molar-refractivity contribution in [2.24, 2.45) is 11.3 Å². The van der Waals surface area contributed by atoms with Gasteiger partial charge in [0.05, 0.1) is 7.11 Å². The third-order valence-corrected chi connectivity index (χ3v) is 4.96. The van der Waals surface area contributed by atoms with Crippen LogP contribution in [0.1, 0.15) is 58.1 Å². The molecule has 2 atom stereocenters. The van der Waals surface area contributed by atoms with Crippen LogP contribution in [0.2, 0.25) is 0 Å². The van der Waals surface area contributed by atoms with Gasteiger partial charge in [-0.25, -0.2) is 4.39 Å². The zero-order valence-electron chi connectivity index (χ0n) is 13.7. The second-order valence-corrected chi connectivity index (χ2v) is 6.74. The SMILES string of the molecule is CCNC(c1cccc(OC)c1F)C1CCCCC1(C)C. The first kappa shape index (κ1) is 16.3. The molecular formula is C18H28FNO. The van der Waals surface area contributed by atoms with E-state index in [2.05, 4.69) is 26.1 Å². The topological polar surface area (TPSA) is 21.3 Å². The molecule has 2 unspecified atom stereocenters. The summed E-state index contributed by atoms with van der Waals surface area (Å²) in [7, 11) is 1.52. The van der Waals surface area contributed by atoms with Crippen LogP contribution in [0, 0.1) is 17.2 Å². The van der Waals surface area contributed by atoms with Gasteiger partial charge in [0.1, 0.15) is 0 Å². The fourth-order valence-electron chi connectivity index (χ4n) is 3.75. The number of rotatable bonds is 5. The number of methoxy groups -OCH3 is 1. The third kappa shape index (κ3) is 3.39. The van der Waals surface area contributed by atoms with Gasteiger partial charge in [-0.3, -0.25) is 0 Å². The van der Waals surface area contributed by atoms with Gasteiger partial charge in [0.15, 0.2) is 11.6 Å². The van der Waals surface area contributed by atoms with E-state index in [4.69, 9.17) is 4.74 Å². The highest BCUT2D eigenvalue weighted by Gasteiger charge is 2.39. The molecule has 0 amide bonds. The molecule has 0 heterocycles. The smallest absolute Gasteiger partial charge is 0.169 e. The Hall–Kier alpha value is -1.09. The highest BCUT2D eigenvalue weighted by molar-refractivity contribution is 5.33. The summed E-state index contributed by atoms with van der Waals surface area (Å²) in [6, 6.07) is 5.53. The summed E-state index contributed by atoms with van der Waals surface area (Å²) in [5.74, 6) is 0.573. The summed E-state index contributed by atoms with van der Waals surface area (Å²) in [4.78, 5) is 0. The Labute approximate surface area is 128 Å². The molecule has 2 rings (SSSR count). The Bertz CT molecular complexity index is 472. The number of hydrogen-bond donors (Lipinski definition) is 1. The quantitative estimate of drug-likeness (QED) is 0.849. The normalized spacial score (nSPS) is 22.8. The number of nitrogens with one attached hydrogen (secondary N) is 1. The fourth-order valence-corrected chi connectivity index (χ4v) is 3.75. The van der Waals surface area contributed by atoms with Crippen molar-refractivity contribution < 1.29 is 9.13 Å². The summed E-state index contributed by atoms with van der Waals surface area (Å²) < 4.78 is 19.8. The van der Waals surface area contributed by atoms with Gasteiger partial charge in [0.25, 0.3) is 0 Å². The molecule has 1 N–H and O–H groups in total. The molecular weight excluding hydrogens is 265 g/mol. The largest absolute Gasteiger partial charge is 0.494 e. The zero-order chi connectivity index (χ0) is 15.5.